The van der Waals surface area contributed by atoms with Gasteiger partial charge in [-0.3, -0.25) is 0 Å². The number of aromatic nitrogens is 3. The van der Waals surface area contributed by atoms with Gasteiger partial charge in [-0.05, 0) is 18.2 Å². The summed E-state index contributed by atoms with van der Waals surface area (Å²) in [5.41, 5.74) is -0.101. The summed E-state index contributed by atoms with van der Waals surface area (Å²) in [6.07, 6.45) is 4.24. The van der Waals surface area contributed by atoms with E-state index in [1.54, 1.807) is 12.5 Å². The minimum absolute atomic E-state index is 0.101. The van der Waals surface area contributed by atoms with E-state index in [4.69, 9.17) is 4.42 Å². The zero-order chi connectivity index (χ0) is 14.6. The van der Waals surface area contributed by atoms with Crippen molar-refractivity contribution in [1.82, 2.24) is 15.0 Å². The van der Waals surface area contributed by atoms with Crippen LogP contribution in [0.15, 0.2) is 33.2 Å². The van der Waals surface area contributed by atoms with E-state index in [2.05, 4.69) is 48.0 Å². The van der Waals surface area contributed by atoms with Crippen LogP contribution in [0.2, 0.25) is 0 Å². The molecule has 0 saturated heterocycles. The molecule has 5 nitrogen and oxygen atoms in total. The summed E-state index contributed by atoms with van der Waals surface area (Å²) in [6, 6.07) is 1.93. The summed E-state index contributed by atoms with van der Waals surface area (Å²) in [4.78, 5) is 13.3. The largest absolute Gasteiger partial charge is 0.440 e. The Bertz CT molecular complexity index is 549. The van der Waals surface area contributed by atoms with E-state index >= 15 is 0 Å². The smallest absolute Gasteiger partial charge is 0.261 e. The third-order valence-corrected chi connectivity index (χ3v) is 3.33. The number of nitrogens with one attached hydrogen (secondary N) is 1. The Morgan fingerprint density at radius 3 is 2.70 bits per heavy atom. The van der Waals surface area contributed by atoms with Gasteiger partial charge in [-0.15, -0.1) is 0 Å². The first kappa shape index (κ1) is 14.8. The molecule has 6 heteroatoms. The van der Waals surface area contributed by atoms with Crippen molar-refractivity contribution in [2.45, 2.75) is 49.8 Å². The summed E-state index contributed by atoms with van der Waals surface area (Å²) in [6.45, 7) is 9.33. The molecule has 0 unspecified atom stereocenters. The second-order valence-corrected chi connectivity index (χ2v) is 6.46. The summed E-state index contributed by atoms with van der Waals surface area (Å²) in [5, 5.41) is 4.74. The first-order valence-corrected chi connectivity index (χ1v) is 7.51. The molecule has 2 heterocycles. The van der Waals surface area contributed by atoms with Gasteiger partial charge in [-0.25, -0.2) is 15.0 Å². The fraction of sp³-hybridized carbons (Fsp3) is 0.500. The molecule has 0 spiro atoms. The molecule has 0 aliphatic rings. The molecule has 0 atom stereocenters. The molecule has 1 N–H and O–H groups in total. The fourth-order valence-corrected chi connectivity index (χ4v) is 2.21. The predicted molar refractivity (Wildman–Crippen MR) is 80.1 cm³/mol. The SMILES string of the molecule is CCCNc1cc(Sc2ncco2)nc(C(C)(C)C)n1. The lowest BCUT2D eigenvalue weighted by Gasteiger charge is -2.18. The average Bonchev–Trinajstić information content (AvgIpc) is 2.88. The van der Waals surface area contributed by atoms with Crippen molar-refractivity contribution in [3.63, 3.8) is 0 Å². The quantitative estimate of drug-likeness (QED) is 0.847. The van der Waals surface area contributed by atoms with Crippen molar-refractivity contribution >= 4 is 17.6 Å². The minimum Gasteiger partial charge on any atom is -0.440 e. The van der Waals surface area contributed by atoms with E-state index < -0.39 is 0 Å². The monoisotopic (exact) mass is 292 g/mol. The zero-order valence-electron chi connectivity index (χ0n) is 12.3. The van der Waals surface area contributed by atoms with Gasteiger partial charge in [0.15, 0.2) is 0 Å². The summed E-state index contributed by atoms with van der Waals surface area (Å²) in [5.74, 6) is 1.66. The molecule has 20 heavy (non-hydrogen) atoms. The van der Waals surface area contributed by atoms with Crippen molar-refractivity contribution in [2.75, 3.05) is 11.9 Å². The molecule has 0 bridgehead atoms. The number of anilines is 1. The van der Waals surface area contributed by atoms with E-state index in [0.29, 0.717) is 5.22 Å². The molecule has 2 rings (SSSR count). The highest BCUT2D eigenvalue weighted by molar-refractivity contribution is 7.99. The van der Waals surface area contributed by atoms with E-state index in [1.165, 1.54) is 11.8 Å². The number of nitrogens with zero attached hydrogens (tertiary/aromatic N) is 3. The number of hydrogen-bond acceptors (Lipinski definition) is 6. The van der Waals surface area contributed by atoms with Crippen molar-refractivity contribution in [2.24, 2.45) is 0 Å². The lowest BCUT2D eigenvalue weighted by molar-refractivity contribution is 0.453. The maximum Gasteiger partial charge on any atom is 0.261 e. The van der Waals surface area contributed by atoms with E-state index in [0.717, 1.165) is 29.6 Å². The molecular formula is C14H20N4OS. The van der Waals surface area contributed by atoms with E-state index in [9.17, 15) is 0 Å². The average molecular weight is 292 g/mol. The third kappa shape index (κ3) is 3.96. The van der Waals surface area contributed by atoms with Gasteiger partial charge >= 0.3 is 0 Å². The topological polar surface area (TPSA) is 63.8 Å². The van der Waals surface area contributed by atoms with Gasteiger partial charge in [0, 0.05) is 18.0 Å². The van der Waals surface area contributed by atoms with Crippen LogP contribution in [0.5, 0.6) is 0 Å². The Balaban J connectivity index is 2.29. The van der Waals surface area contributed by atoms with Gasteiger partial charge < -0.3 is 9.73 Å². The Morgan fingerprint density at radius 2 is 2.10 bits per heavy atom. The fourth-order valence-electron chi connectivity index (χ4n) is 1.51. The second kappa shape index (κ2) is 6.26. The Morgan fingerprint density at radius 1 is 1.30 bits per heavy atom. The third-order valence-electron chi connectivity index (χ3n) is 2.53. The summed E-state index contributed by atoms with van der Waals surface area (Å²) in [7, 11) is 0. The van der Waals surface area contributed by atoms with Crippen LogP contribution in [0.1, 0.15) is 39.9 Å². The Hall–Kier alpha value is -1.56. The minimum atomic E-state index is -0.101. The first-order chi connectivity index (χ1) is 9.49. The number of rotatable bonds is 5. The van der Waals surface area contributed by atoms with Gasteiger partial charge in [0.1, 0.15) is 22.9 Å². The zero-order valence-corrected chi connectivity index (χ0v) is 13.1. The van der Waals surface area contributed by atoms with Crippen LogP contribution >= 0.6 is 11.8 Å². The molecule has 0 aliphatic heterocycles. The van der Waals surface area contributed by atoms with Crippen LogP contribution in [-0.4, -0.2) is 21.5 Å². The molecule has 0 radical (unpaired) electrons. The predicted octanol–water partition coefficient (Wildman–Crippen LogP) is 3.74. The van der Waals surface area contributed by atoms with E-state index in [1.807, 2.05) is 6.07 Å². The van der Waals surface area contributed by atoms with Gasteiger partial charge in [0.05, 0.1) is 6.20 Å². The second-order valence-electron chi connectivity index (χ2n) is 5.49. The van der Waals surface area contributed by atoms with E-state index in [-0.39, 0.29) is 5.41 Å². The Labute approximate surface area is 123 Å². The molecule has 108 valence electrons. The molecular weight excluding hydrogens is 272 g/mol. The number of hydrogen-bond donors (Lipinski definition) is 1. The van der Waals surface area contributed by atoms with Crippen LogP contribution < -0.4 is 5.32 Å². The highest BCUT2D eigenvalue weighted by Crippen LogP contribution is 2.28. The molecule has 0 saturated carbocycles. The van der Waals surface area contributed by atoms with Crippen molar-refractivity contribution < 1.29 is 4.42 Å². The van der Waals surface area contributed by atoms with Crippen LogP contribution in [0, 0.1) is 0 Å². The summed E-state index contributed by atoms with van der Waals surface area (Å²) >= 11 is 1.40. The normalized spacial score (nSPS) is 11.6. The molecule has 2 aromatic rings. The van der Waals surface area contributed by atoms with Crippen LogP contribution in [0.3, 0.4) is 0 Å². The lowest BCUT2D eigenvalue weighted by Crippen LogP contribution is -2.17. The van der Waals surface area contributed by atoms with Gasteiger partial charge in [0.25, 0.3) is 5.22 Å². The van der Waals surface area contributed by atoms with Crippen molar-refractivity contribution in [3.8, 4) is 0 Å². The molecule has 0 amide bonds. The maximum absolute atomic E-state index is 5.25. The molecule has 0 aromatic carbocycles. The van der Waals surface area contributed by atoms with Gasteiger partial charge in [-0.2, -0.15) is 0 Å². The standard InChI is InChI=1S/C14H20N4OS/c1-5-6-15-10-9-11(20-13-16-7-8-19-13)18-12(17-10)14(2,3)4/h7-9H,5-6H2,1-4H3,(H,15,17,18). The Kier molecular flexibility index (Phi) is 4.65. The number of oxazole rings is 1. The van der Waals surface area contributed by atoms with Crippen molar-refractivity contribution in [1.29, 1.82) is 0 Å². The molecule has 2 aromatic heterocycles. The lowest BCUT2D eigenvalue weighted by atomic mass is 9.96. The molecule has 0 fully saturated rings. The van der Waals surface area contributed by atoms with Gasteiger partial charge in [0.2, 0.25) is 0 Å². The van der Waals surface area contributed by atoms with Gasteiger partial charge in [-0.1, -0.05) is 27.7 Å². The maximum atomic E-state index is 5.25. The highest BCUT2D eigenvalue weighted by Gasteiger charge is 2.19. The highest BCUT2D eigenvalue weighted by atomic mass is 32.2. The van der Waals surface area contributed by atoms with Crippen molar-refractivity contribution in [3.05, 3.63) is 24.4 Å². The van der Waals surface area contributed by atoms with Crippen LogP contribution in [0.25, 0.3) is 0 Å². The summed E-state index contributed by atoms with van der Waals surface area (Å²) < 4.78 is 5.25. The van der Waals surface area contributed by atoms with Crippen LogP contribution in [0.4, 0.5) is 5.82 Å². The molecule has 0 aliphatic carbocycles. The first-order valence-electron chi connectivity index (χ1n) is 6.70. The van der Waals surface area contributed by atoms with Crippen LogP contribution in [-0.2, 0) is 5.41 Å².